The summed E-state index contributed by atoms with van der Waals surface area (Å²) in [5.74, 6) is -0.186. The summed E-state index contributed by atoms with van der Waals surface area (Å²) in [6.45, 7) is 3.81. The smallest absolute Gasteiger partial charge is 0.262 e. The van der Waals surface area contributed by atoms with Gasteiger partial charge in [-0.15, -0.1) is 0 Å². The number of benzene rings is 2. The minimum atomic E-state index is -0.383. The summed E-state index contributed by atoms with van der Waals surface area (Å²) in [5.41, 5.74) is 6.60. The van der Waals surface area contributed by atoms with E-state index >= 15 is 0 Å². The van der Waals surface area contributed by atoms with Gasteiger partial charge < -0.3 is 10.3 Å². The molecule has 0 aliphatic heterocycles. The molecule has 122 valence electrons. The van der Waals surface area contributed by atoms with Crippen molar-refractivity contribution in [1.29, 1.82) is 0 Å². The van der Waals surface area contributed by atoms with Crippen LogP contribution >= 0.6 is 0 Å². The Morgan fingerprint density at radius 1 is 1.17 bits per heavy atom. The molecular formula is C19H20N4O. The molecule has 0 aliphatic carbocycles. The standard InChI is InChI=1S/C19H20N4O/c1-13-7-3-5-9-17(13)22-14(2)19(24)23-21-12-15-11-20-18-10-6-4-8-16(15)18/h3-12,14,20,22H,1-2H3,(H,23,24)/b21-12+. The van der Waals surface area contributed by atoms with Crippen molar-refractivity contribution in [3.05, 3.63) is 65.9 Å². The number of carbonyl (C=O) groups is 1. The molecule has 1 unspecified atom stereocenters. The molecule has 0 radical (unpaired) electrons. The number of aromatic nitrogens is 1. The molecule has 3 aromatic rings. The fraction of sp³-hybridized carbons (Fsp3) is 0.158. The summed E-state index contributed by atoms with van der Waals surface area (Å²) in [6, 6.07) is 15.4. The van der Waals surface area contributed by atoms with Gasteiger partial charge in [0.15, 0.2) is 0 Å². The van der Waals surface area contributed by atoms with E-state index in [9.17, 15) is 4.79 Å². The first kappa shape index (κ1) is 15.8. The number of para-hydroxylation sites is 2. The largest absolute Gasteiger partial charge is 0.374 e. The summed E-state index contributed by atoms with van der Waals surface area (Å²) in [6.07, 6.45) is 3.52. The van der Waals surface area contributed by atoms with E-state index in [4.69, 9.17) is 0 Å². The first-order valence-corrected chi connectivity index (χ1v) is 7.86. The number of carbonyl (C=O) groups excluding carboxylic acids is 1. The Labute approximate surface area is 140 Å². The fourth-order valence-electron chi connectivity index (χ4n) is 2.50. The minimum absolute atomic E-state index is 0.186. The van der Waals surface area contributed by atoms with Crippen LogP contribution in [0.2, 0.25) is 0 Å². The van der Waals surface area contributed by atoms with Crippen molar-refractivity contribution in [3.63, 3.8) is 0 Å². The Balaban J connectivity index is 1.61. The maximum absolute atomic E-state index is 12.2. The van der Waals surface area contributed by atoms with Gasteiger partial charge in [-0.05, 0) is 31.5 Å². The van der Waals surface area contributed by atoms with Crippen LogP contribution in [0.1, 0.15) is 18.1 Å². The topological polar surface area (TPSA) is 69.3 Å². The van der Waals surface area contributed by atoms with E-state index < -0.39 is 0 Å². The molecule has 0 saturated carbocycles. The third-order valence-electron chi connectivity index (χ3n) is 3.91. The molecule has 1 aromatic heterocycles. The van der Waals surface area contributed by atoms with Gasteiger partial charge in [-0.3, -0.25) is 4.79 Å². The number of aromatic amines is 1. The minimum Gasteiger partial charge on any atom is -0.374 e. The van der Waals surface area contributed by atoms with Crippen molar-refractivity contribution in [2.75, 3.05) is 5.32 Å². The van der Waals surface area contributed by atoms with Gasteiger partial charge in [0.1, 0.15) is 6.04 Å². The van der Waals surface area contributed by atoms with E-state index in [0.29, 0.717) is 0 Å². The zero-order valence-electron chi connectivity index (χ0n) is 13.7. The average molecular weight is 320 g/mol. The molecule has 0 bridgehead atoms. The maximum Gasteiger partial charge on any atom is 0.262 e. The van der Waals surface area contributed by atoms with Crippen LogP contribution in [0.3, 0.4) is 0 Å². The lowest BCUT2D eigenvalue weighted by Crippen LogP contribution is -2.35. The normalized spacial score (nSPS) is 12.4. The molecule has 0 fully saturated rings. The van der Waals surface area contributed by atoms with Crippen LogP contribution in [0.15, 0.2) is 59.8 Å². The second-order valence-corrected chi connectivity index (χ2v) is 5.70. The first-order chi connectivity index (χ1) is 11.6. The lowest BCUT2D eigenvalue weighted by molar-refractivity contribution is -0.121. The van der Waals surface area contributed by atoms with E-state index in [1.165, 1.54) is 0 Å². The molecule has 0 spiro atoms. The van der Waals surface area contributed by atoms with Gasteiger partial charge in [-0.2, -0.15) is 5.10 Å². The van der Waals surface area contributed by atoms with Gasteiger partial charge in [0.25, 0.3) is 5.91 Å². The summed E-state index contributed by atoms with van der Waals surface area (Å²) in [7, 11) is 0. The van der Waals surface area contributed by atoms with Gasteiger partial charge in [0.2, 0.25) is 0 Å². The predicted octanol–water partition coefficient (Wildman–Crippen LogP) is 3.43. The number of rotatable bonds is 5. The molecule has 3 rings (SSSR count). The zero-order valence-corrected chi connectivity index (χ0v) is 13.7. The monoisotopic (exact) mass is 320 g/mol. The Morgan fingerprint density at radius 3 is 2.75 bits per heavy atom. The summed E-state index contributed by atoms with van der Waals surface area (Å²) < 4.78 is 0. The number of anilines is 1. The SMILES string of the molecule is Cc1ccccc1NC(C)C(=O)N/N=C/c1c[nH]c2ccccc12. The van der Waals surface area contributed by atoms with Gasteiger partial charge >= 0.3 is 0 Å². The van der Waals surface area contributed by atoms with Crippen LogP contribution in [0.5, 0.6) is 0 Å². The van der Waals surface area contributed by atoms with Crippen molar-refractivity contribution in [1.82, 2.24) is 10.4 Å². The Bertz CT molecular complexity index is 882. The Kier molecular flexibility index (Phi) is 4.61. The van der Waals surface area contributed by atoms with Crippen LogP contribution in [0, 0.1) is 6.92 Å². The fourth-order valence-corrected chi connectivity index (χ4v) is 2.50. The van der Waals surface area contributed by atoms with Crippen LogP contribution in [0.25, 0.3) is 10.9 Å². The molecule has 1 heterocycles. The molecule has 5 heteroatoms. The van der Waals surface area contributed by atoms with Gasteiger partial charge in [-0.25, -0.2) is 5.43 Å². The van der Waals surface area contributed by atoms with Crippen molar-refractivity contribution in [2.45, 2.75) is 19.9 Å². The maximum atomic E-state index is 12.2. The molecule has 1 atom stereocenters. The van der Waals surface area contributed by atoms with Crippen molar-refractivity contribution < 1.29 is 4.79 Å². The first-order valence-electron chi connectivity index (χ1n) is 7.86. The number of aryl methyl sites for hydroxylation is 1. The van der Waals surface area contributed by atoms with Crippen LogP contribution in [0.4, 0.5) is 5.69 Å². The average Bonchev–Trinajstić information content (AvgIpc) is 3.00. The highest BCUT2D eigenvalue weighted by Crippen LogP contribution is 2.16. The molecule has 0 saturated heterocycles. The van der Waals surface area contributed by atoms with Crippen molar-refractivity contribution in [3.8, 4) is 0 Å². The third-order valence-corrected chi connectivity index (χ3v) is 3.91. The molecule has 2 aromatic carbocycles. The molecule has 1 amide bonds. The van der Waals surface area contributed by atoms with E-state index in [1.807, 2.05) is 68.6 Å². The Morgan fingerprint density at radius 2 is 1.92 bits per heavy atom. The predicted molar refractivity (Wildman–Crippen MR) is 98.3 cm³/mol. The van der Waals surface area contributed by atoms with E-state index in [1.54, 1.807) is 6.21 Å². The Hall–Kier alpha value is -3.08. The van der Waals surface area contributed by atoms with Crippen LogP contribution in [-0.2, 0) is 4.79 Å². The highest BCUT2D eigenvalue weighted by atomic mass is 16.2. The second kappa shape index (κ2) is 7.00. The molecule has 5 nitrogen and oxygen atoms in total. The van der Waals surface area contributed by atoms with Gasteiger partial charge in [0, 0.05) is 28.4 Å². The number of hydrazone groups is 1. The van der Waals surface area contributed by atoms with E-state index in [0.717, 1.165) is 27.7 Å². The molecular weight excluding hydrogens is 300 g/mol. The van der Waals surface area contributed by atoms with Crippen LogP contribution in [-0.4, -0.2) is 23.1 Å². The highest BCUT2D eigenvalue weighted by molar-refractivity contribution is 5.99. The number of H-pyrrole nitrogens is 1. The number of hydrogen-bond donors (Lipinski definition) is 3. The number of fused-ring (bicyclic) bond motifs is 1. The van der Waals surface area contributed by atoms with Crippen molar-refractivity contribution >= 4 is 28.7 Å². The van der Waals surface area contributed by atoms with E-state index in [2.05, 4.69) is 20.8 Å². The lowest BCUT2D eigenvalue weighted by atomic mass is 10.2. The summed E-state index contributed by atoms with van der Waals surface area (Å²) in [5, 5.41) is 8.33. The number of hydrogen-bond acceptors (Lipinski definition) is 3. The molecule has 0 aliphatic rings. The summed E-state index contributed by atoms with van der Waals surface area (Å²) >= 11 is 0. The zero-order chi connectivity index (χ0) is 16.9. The highest BCUT2D eigenvalue weighted by Gasteiger charge is 2.12. The number of amides is 1. The number of nitrogens with zero attached hydrogens (tertiary/aromatic N) is 1. The van der Waals surface area contributed by atoms with Gasteiger partial charge in [0.05, 0.1) is 6.21 Å². The van der Waals surface area contributed by atoms with Crippen LogP contribution < -0.4 is 10.7 Å². The quantitative estimate of drug-likeness (QED) is 0.498. The lowest BCUT2D eigenvalue weighted by Gasteiger charge is -2.15. The summed E-state index contributed by atoms with van der Waals surface area (Å²) in [4.78, 5) is 15.3. The third kappa shape index (κ3) is 3.46. The molecule has 3 N–H and O–H groups in total. The second-order valence-electron chi connectivity index (χ2n) is 5.70. The van der Waals surface area contributed by atoms with Gasteiger partial charge in [-0.1, -0.05) is 36.4 Å². The molecule has 24 heavy (non-hydrogen) atoms. The van der Waals surface area contributed by atoms with E-state index in [-0.39, 0.29) is 11.9 Å². The number of nitrogens with one attached hydrogen (secondary N) is 3. The van der Waals surface area contributed by atoms with Crippen molar-refractivity contribution in [2.24, 2.45) is 5.10 Å².